The van der Waals surface area contributed by atoms with Crippen LogP contribution in [0.5, 0.6) is 11.5 Å². The van der Waals surface area contributed by atoms with Crippen LogP contribution >= 0.6 is 0 Å². The lowest BCUT2D eigenvalue weighted by Crippen LogP contribution is -2.33. The van der Waals surface area contributed by atoms with E-state index in [4.69, 9.17) is 18.9 Å². The second-order valence-corrected chi connectivity index (χ2v) is 14.2. The summed E-state index contributed by atoms with van der Waals surface area (Å²) in [5, 5.41) is 15.4. The van der Waals surface area contributed by atoms with Gasteiger partial charge in [-0.15, -0.1) is 0 Å². The van der Waals surface area contributed by atoms with Gasteiger partial charge in [-0.05, 0) is 114 Å². The third-order valence-corrected chi connectivity index (χ3v) is 6.75. The molecule has 2 aromatic carbocycles. The number of phenols is 1. The molecule has 48 heavy (non-hydrogen) atoms. The van der Waals surface area contributed by atoms with E-state index in [1.54, 1.807) is 13.0 Å². The van der Waals surface area contributed by atoms with Gasteiger partial charge in [-0.25, -0.2) is 9.59 Å². The van der Waals surface area contributed by atoms with E-state index in [2.05, 4.69) is 44.4 Å². The molecule has 0 atom stereocenters. The fraction of sp³-hybridized carbons (Fsp3) is 0.605. The van der Waals surface area contributed by atoms with Crippen LogP contribution in [0.25, 0.3) is 0 Å². The first kappa shape index (κ1) is 42.1. The number of aromatic hydroxyl groups is 1. The van der Waals surface area contributed by atoms with E-state index < -0.39 is 23.4 Å². The summed E-state index contributed by atoms with van der Waals surface area (Å²) in [4.78, 5) is 34.7. The summed E-state index contributed by atoms with van der Waals surface area (Å²) in [6.45, 7) is 22.9. The van der Waals surface area contributed by atoms with Crippen molar-refractivity contribution in [2.75, 3.05) is 26.3 Å². The number of carbonyl (C=O) groups excluding carboxylic acids is 3. The van der Waals surface area contributed by atoms with Gasteiger partial charge in [-0.2, -0.15) is 0 Å². The SMILES string of the molecule is CC(C)c1ccc(CCNC(=O)OC(C)(C)C)c(O)c1.CCOC(=O)CCCOc1cc(C(C)C)ccc1CCNC(=O)OC(C)(C)C. The topological polar surface area (TPSA) is 132 Å². The average Bonchev–Trinajstić information content (AvgIpc) is 2.95. The summed E-state index contributed by atoms with van der Waals surface area (Å²) in [7, 11) is 0. The number of hydrogen-bond acceptors (Lipinski definition) is 8. The van der Waals surface area contributed by atoms with Crippen molar-refractivity contribution in [2.45, 2.75) is 125 Å². The quantitative estimate of drug-likeness (QED) is 0.104. The lowest BCUT2D eigenvalue weighted by atomic mass is 10.00. The van der Waals surface area contributed by atoms with Crippen molar-refractivity contribution in [3.63, 3.8) is 0 Å². The smallest absolute Gasteiger partial charge is 0.407 e. The van der Waals surface area contributed by atoms with Crippen LogP contribution in [0.4, 0.5) is 9.59 Å². The minimum Gasteiger partial charge on any atom is -0.508 e. The molecule has 0 aliphatic heterocycles. The van der Waals surface area contributed by atoms with Gasteiger partial charge in [-0.3, -0.25) is 4.79 Å². The lowest BCUT2D eigenvalue weighted by molar-refractivity contribution is -0.143. The van der Waals surface area contributed by atoms with Gasteiger partial charge in [0.05, 0.1) is 13.2 Å². The predicted molar refractivity (Wildman–Crippen MR) is 190 cm³/mol. The molecule has 0 saturated carbocycles. The Morgan fingerprint density at radius 2 is 1.23 bits per heavy atom. The van der Waals surface area contributed by atoms with E-state index in [1.807, 2.05) is 65.8 Å². The molecule has 0 unspecified atom stereocenters. The molecule has 0 aliphatic carbocycles. The van der Waals surface area contributed by atoms with Crippen molar-refractivity contribution in [3.05, 3.63) is 58.7 Å². The molecule has 2 amide bonds. The van der Waals surface area contributed by atoms with Crippen LogP contribution in [-0.4, -0.2) is 60.8 Å². The Labute approximate surface area is 288 Å². The molecule has 0 spiro atoms. The molecule has 10 nitrogen and oxygen atoms in total. The standard InChI is InChI=1S/C22H35NO5.C16H25NO3/c1-7-26-20(24)9-8-14-27-19-15-18(16(2)3)11-10-17(19)12-13-23-21(25)28-22(4,5)6;1-11(2)13-7-6-12(14(18)10-13)8-9-17-15(19)20-16(3,4)5/h10-11,15-16H,7-9,12-14H2,1-6H3,(H,23,25);6-7,10-11,18H,8-9H2,1-5H3,(H,17,19). The molecule has 2 rings (SSSR count). The van der Waals surface area contributed by atoms with Gasteiger partial charge in [0.1, 0.15) is 22.7 Å². The number of benzene rings is 2. The number of hydrogen-bond donors (Lipinski definition) is 3. The number of esters is 1. The van der Waals surface area contributed by atoms with E-state index in [0.29, 0.717) is 63.8 Å². The Morgan fingerprint density at radius 1 is 0.750 bits per heavy atom. The zero-order chi connectivity index (χ0) is 36.5. The fourth-order valence-electron chi connectivity index (χ4n) is 4.28. The number of alkyl carbamates (subject to hydrolysis) is 2. The lowest BCUT2D eigenvalue weighted by Gasteiger charge is -2.20. The Morgan fingerprint density at radius 3 is 1.69 bits per heavy atom. The van der Waals surface area contributed by atoms with Crippen LogP contribution < -0.4 is 15.4 Å². The third kappa shape index (κ3) is 18.4. The molecule has 0 bridgehead atoms. The zero-order valence-corrected chi connectivity index (χ0v) is 31.1. The molecule has 10 heteroatoms. The Hall–Kier alpha value is -3.95. The van der Waals surface area contributed by atoms with Gasteiger partial charge in [0.15, 0.2) is 0 Å². The van der Waals surface area contributed by atoms with Gasteiger partial charge >= 0.3 is 18.2 Å². The Balaban J connectivity index is 0.000000507. The van der Waals surface area contributed by atoms with E-state index in [-0.39, 0.29) is 11.7 Å². The third-order valence-electron chi connectivity index (χ3n) is 6.75. The molecule has 0 radical (unpaired) electrons. The van der Waals surface area contributed by atoms with Crippen molar-refractivity contribution in [2.24, 2.45) is 0 Å². The largest absolute Gasteiger partial charge is 0.508 e. The Bertz CT molecular complexity index is 1290. The molecular weight excluding hydrogens is 612 g/mol. The Kier molecular flexibility index (Phi) is 17.9. The number of carbonyl (C=O) groups is 3. The highest BCUT2D eigenvalue weighted by atomic mass is 16.6. The van der Waals surface area contributed by atoms with Crippen molar-refractivity contribution in [1.82, 2.24) is 10.6 Å². The first-order valence-corrected chi connectivity index (χ1v) is 17.0. The van der Waals surface area contributed by atoms with Gasteiger partial charge in [0.2, 0.25) is 0 Å². The van der Waals surface area contributed by atoms with Crippen LogP contribution in [0.3, 0.4) is 0 Å². The molecule has 0 aromatic heterocycles. The van der Waals surface area contributed by atoms with Crippen LogP contribution in [0.15, 0.2) is 36.4 Å². The summed E-state index contributed by atoms with van der Waals surface area (Å²) in [5.74, 6) is 1.64. The molecule has 0 heterocycles. The van der Waals surface area contributed by atoms with E-state index >= 15 is 0 Å². The minimum absolute atomic E-state index is 0.205. The molecule has 0 saturated heterocycles. The number of amides is 2. The molecule has 3 N–H and O–H groups in total. The van der Waals surface area contributed by atoms with Gasteiger partial charge < -0.3 is 34.7 Å². The fourth-order valence-corrected chi connectivity index (χ4v) is 4.28. The molecule has 0 fully saturated rings. The maximum absolute atomic E-state index is 11.8. The summed E-state index contributed by atoms with van der Waals surface area (Å²) in [6.07, 6.45) is 1.28. The number of nitrogens with one attached hydrogen (secondary N) is 2. The van der Waals surface area contributed by atoms with E-state index in [9.17, 15) is 19.5 Å². The minimum atomic E-state index is -0.518. The molecular formula is C38H60N2O8. The zero-order valence-electron chi connectivity index (χ0n) is 31.1. The highest BCUT2D eigenvalue weighted by Gasteiger charge is 2.17. The van der Waals surface area contributed by atoms with E-state index in [0.717, 1.165) is 22.4 Å². The maximum Gasteiger partial charge on any atom is 0.407 e. The second kappa shape index (κ2) is 20.4. The highest BCUT2D eigenvalue weighted by molar-refractivity contribution is 5.69. The van der Waals surface area contributed by atoms with E-state index in [1.165, 1.54) is 5.56 Å². The first-order chi connectivity index (χ1) is 22.3. The number of phenolic OH excluding ortho intramolecular Hbond substituents is 1. The number of ether oxygens (including phenoxy) is 4. The van der Waals surface area contributed by atoms with Gasteiger partial charge in [0.25, 0.3) is 0 Å². The van der Waals surface area contributed by atoms with Gasteiger partial charge in [-0.1, -0.05) is 52.0 Å². The highest BCUT2D eigenvalue weighted by Crippen LogP contribution is 2.26. The maximum atomic E-state index is 11.8. The summed E-state index contributed by atoms with van der Waals surface area (Å²) < 4.78 is 21.3. The summed E-state index contributed by atoms with van der Waals surface area (Å²) >= 11 is 0. The van der Waals surface area contributed by atoms with Crippen LogP contribution in [0.2, 0.25) is 0 Å². The molecule has 270 valence electrons. The number of rotatable bonds is 14. The first-order valence-electron chi connectivity index (χ1n) is 17.0. The second-order valence-electron chi connectivity index (χ2n) is 14.2. The van der Waals surface area contributed by atoms with Crippen molar-refractivity contribution >= 4 is 18.2 Å². The van der Waals surface area contributed by atoms with Crippen LogP contribution in [0.1, 0.15) is 123 Å². The summed E-state index contributed by atoms with van der Waals surface area (Å²) in [5.41, 5.74) is 3.11. The normalized spacial score (nSPS) is 11.4. The van der Waals surface area contributed by atoms with Crippen LogP contribution in [0, 0.1) is 0 Å². The van der Waals surface area contributed by atoms with Crippen molar-refractivity contribution < 1.29 is 38.4 Å². The molecule has 2 aromatic rings. The van der Waals surface area contributed by atoms with Crippen LogP contribution in [-0.2, 0) is 31.8 Å². The van der Waals surface area contributed by atoms with Gasteiger partial charge in [0, 0.05) is 19.5 Å². The van der Waals surface area contributed by atoms with Crippen molar-refractivity contribution in [1.29, 1.82) is 0 Å². The summed E-state index contributed by atoms with van der Waals surface area (Å²) in [6, 6.07) is 11.9. The predicted octanol–water partition coefficient (Wildman–Crippen LogP) is 8.18. The van der Waals surface area contributed by atoms with Crippen molar-refractivity contribution in [3.8, 4) is 11.5 Å². The molecule has 0 aliphatic rings. The average molecular weight is 673 g/mol. The monoisotopic (exact) mass is 672 g/mol.